The van der Waals surface area contributed by atoms with Crippen LogP contribution in [0.5, 0.6) is 0 Å². The average Bonchev–Trinajstić information content (AvgIpc) is 2.93. The molecule has 0 saturated heterocycles. The summed E-state index contributed by atoms with van der Waals surface area (Å²) in [5.41, 5.74) is -3.40. The van der Waals surface area contributed by atoms with Crippen molar-refractivity contribution < 1.29 is 35.9 Å². The first-order valence-electron chi connectivity index (χ1n) is 8.47. The largest absolute Gasteiger partial charge is 0.417 e. The molecule has 0 fully saturated rings. The maximum Gasteiger partial charge on any atom is 0.417 e. The normalized spacial score (nSPS) is 12.1. The number of nitrogens with zero attached hydrogens (tertiary/aromatic N) is 3. The van der Waals surface area contributed by atoms with E-state index in [1.807, 2.05) is 10.6 Å². The van der Waals surface area contributed by atoms with Crippen LogP contribution in [0.25, 0.3) is 11.0 Å². The van der Waals surface area contributed by atoms with Gasteiger partial charge in [0.25, 0.3) is 5.91 Å². The summed E-state index contributed by atoms with van der Waals surface area (Å²) in [6, 6.07) is 1.17. The third kappa shape index (κ3) is 4.59. The zero-order valence-electron chi connectivity index (χ0n) is 15.8. The lowest BCUT2D eigenvalue weighted by atomic mass is 10.1. The van der Waals surface area contributed by atoms with E-state index in [1.54, 1.807) is 14.0 Å². The van der Waals surface area contributed by atoms with Gasteiger partial charge < -0.3 is 5.32 Å². The van der Waals surface area contributed by atoms with Gasteiger partial charge in [0.05, 0.1) is 22.4 Å². The summed E-state index contributed by atoms with van der Waals surface area (Å²) in [7, 11) is 1.65. The van der Waals surface area contributed by atoms with E-state index in [9.17, 15) is 35.9 Å². The Hall–Kier alpha value is -3.64. The number of amides is 3. The molecule has 0 saturated carbocycles. The molecule has 0 aliphatic rings. The number of aromatic nitrogens is 3. The topological polar surface area (TPSA) is 88.9 Å². The number of hydrogen-bond acceptors (Lipinski definition) is 4. The number of carbonyl (C=O) groups is 2. The Balaban J connectivity index is 1.79. The number of urea groups is 1. The molecule has 0 unspecified atom stereocenters. The lowest BCUT2D eigenvalue weighted by Gasteiger charge is -2.17. The predicted octanol–water partition coefficient (Wildman–Crippen LogP) is 4.28. The number of alkyl halides is 6. The van der Waals surface area contributed by atoms with Gasteiger partial charge in [0.15, 0.2) is 5.65 Å². The van der Waals surface area contributed by atoms with Crippen molar-refractivity contribution in [2.45, 2.75) is 19.3 Å². The van der Waals surface area contributed by atoms with E-state index in [-0.39, 0.29) is 17.7 Å². The lowest BCUT2D eigenvalue weighted by Crippen LogP contribution is -2.34. The number of benzene rings is 1. The van der Waals surface area contributed by atoms with Crippen molar-refractivity contribution in [3.63, 3.8) is 0 Å². The Morgan fingerprint density at radius 3 is 2.26 bits per heavy atom. The highest BCUT2D eigenvalue weighted by atomic mass is 19.4. The first kappa shape index (κ1) is 22.1. The van der Waals surface area contributed by atoms with Gasteiger partial charge in [-0.3, -0.25) is 14.8 Å². The molecule has 2 aromatic heterocycles. The highest BCUT2D eigenvalue weighted by molar-refractivity contribution is 6.08. The minimum atomic E-state index is -5.31. The summed E-state index contributed by atoms with van der Waals surface area (Å²) in [4.78, 5) is 28.3. The molecule has 7 nitrogen and oxygen atoms in total. The van der Waals surface area contributed by atoms with Crippen molar-refractivity contribution in [2.75, 3.05) is 5.32 Å². The van der Waals surface area contributed by atoms with Crippen LogP contribution in [0.15, 0.2) is 30.5 Å². The van der Waals surface area contributed by atoms with Gasteiger partial charge in [-0.05, 0) is 31.2 Å². The van der Waals surface area contributed by atoms with Crippen molar-refractivity contribution in [2.24, 2.45) is 7.05 Å². The maximum atomic E-state index is 13.0. The molecular weight excluding hydrogens is 432 g/mol. The van der Waals surface area contributed by atoms with Crippen LogP contribution >= 0.6 is 0 Å². The van der Waals surface area contributed by atoms with Crippen molar-refractivity contribution in [1.29, 1.82) is 0 Å². The number of pyridine rings is 1. The van der Waals surface area contributed by atoms with Crippen LogP contribution in [0.4, 0.5) is 36.8 Å². The first-order valence-corrected chi connectivity index (χ1v) is 8.47. The third-order valence-corrected chi connectivity index (χ3v) is 4.24. The van der Waals surface area contributed by atoms with Gasteiger partial charge >= 0.3 is 18.4 Å². The average molecular weight is 445 g/mol. The quantitative estimate of drug-likeness (QED) is 0.577. The molecule has 0 aliphatic heterocycles. The lowest BCUT2D eigenvalue weighted by molar-refractivity contribution is -0.162. The first-order chi connectivity index (χ1) is 14.3. The SMILES string of the molecule is Cc1nn(C)c2ncc(C(=O)NC(=O)Nc3ccc(C(F)(F)F)c(C(F)(F)F)c3)cc12. The standard InChI is InChI=1S/C18H13F6N5O2/c1-8-11-5-9(7-25-14(11)29(2)28-8)15(30)27-16(31)26-10-3-4-12(17(19,20)21)13(6-10)18(22,23)24/h3-7H,1-2H3,(H2,26,27,30,31). The predicted molar refractivity (Wildman–Crippen MR) is 96.2 cm³/mol. The second-order valence-electron chi connectivity index (χ2n) is 6.47. The van der Waals surface area contributed by atoms with Gasteiger partial charge in [-0.15, -0.1) is 0 Å². The van der Waals surface area contributed by atoms with Gasteiger partial charge in [0.2, 0.25) is 0 Å². The van der Waals surface area contributed by atoms with Crippen LogP contribution in [0.3, 0.4) is 0 Å². The number of aryl methyl sites for hydroxylation is 2. The minimum Gasteiger partial charge on any atom is -0.308 e. The van der Waals surface area contributed by atoms with E-state index in [0.717, 1.165) is 0 Å². The molecule has 2 N–H and O–H groups in total. The number of nitrogens with one attached hydrogen (secondary N) is 2. The molecule has 0 aliphatic carbocycles. The molecule has 13 heteroatoms. The van der Waals surface area contributed by atoms with E-state index in [4.69, 9.17) is 0 Å². The number of anilines is 1. The smallest absolute Gasteiger partial charge is 0.308 e. The molecule has 31 heavy (non-hydrogen) atoms. The van der Waals surface area contributed by atoms with Crippen molar-refractivity contribution in [3.05, 3.63) is 52.8 Å². The van der Waals surface area contributed by atoms with E-state index >= 15 is 0 Å². The molecule has 3 rings (SSSR count). The minimum absolute atomic E-state index is 0.0258. The van der Waals surface area contributed by atoms with E-state index in [1.165, 1.54) is 16.9 Å². The van der Waals surface area contributed by atoms with Crippen molar-refractivity contribution in [3.8, 4) is 0 Å². The molecule has 3 aromatic rings. The van der Waals surface area contributed by atoms with Gasteiger partial charge in [-0.2, -0.15) is 31.4 Å². The molecule has 2 heterocycles. The van der Waals surface area contributed by atoms with Gasteiger partial charge in [-0.25, -0.2) is 9.78 Å². The fourth-order valence-corrected chi connectivity index (χ4v) is 2.87. The Morgan fingerprint density at radius 2 is 1.65 bits per heavy atom. The number of imide groups is 1. The van der Waals surface area contributed by atoms with E-state index < -0.39 is 41.1 Å². The third-order valence-electron chi connectivity index (χ3n) is 4.24. The summed E-state index contributed by atoms with van der Waals surface area (Å²) < 4.78 is 78.9. The monoisotopic (exact) mass is 445 g/mol. The van der Waals surface area contributed by atoms with Gasteiger partial charge in [0, 0.05) is 24.3 Å². The Labute approximate surface area is 170 Å². The molecule has 0 radical (unpaired) electrons. The fraction of sp³-hybridized carbons (Fsp3) is 0.222. The number of halogens is 6. The number of rotatable bonds is 2. The highest BCUT2D eigenvalue weighted by Crippen LogP contribution is 2.41. The van der Waals surface area contributed by atoms with Crippen LogP contribution in [0.1, 0.15) is 27.2 Å². The van der Waals surface area contributed by atoms with E-state index in [0.29, 0.717) is 22.8 Å². The Bertz CT molecular complexity index is 1180. The molecule has 1 aromatic carbocycles. The van der Waals surface area contributed by atoms with Gasteiger partial charge in [-0.1, -0.05) is 0 Å². The summed E-state index contributed by atoms with van der Waals surface area (Å²) >= 11 is 0. The molecule has 164 valence electrons. The molecular formula is C18H13F6N5O2. The summed E-state index contributed by atoms with van der Waals surface area (Å²) in [6.07, 6.45) is -9.37. The second-order valence-corrected chi connectivity index (χ2v) is 6.47. The van der Waals surface area contributed by atoms with Crippen molar-refractivity contribution >= 4 is 28.7 Å². The van der Waals surface area contributed by atoms with Crippen LogP contribution in [0, 0.1) is 6.92 Å². The van der Waals surface area contributed by atoms with Gasteiger partial charge in [0.1, 0.15) is 0 Å². The summed E-state index contributed by atoms with van der Waals surface area (Å²) in [5.74, 6) is -0.918. The Morgan fingerprint density at radius 1 is 1.00 bits per heavy atom. The number of hydrogen-bond donors (Lipinski definition) is 2. The molecule has 0 atom stereocenters. The second kappa shape index (κ2) is 7.56. The van der Waals surface area contributed by atoms with Crippen LogP contribution < -0.4 is 10.6 Å². The highest BCUT2D eigenvalue weighted by Gasteiger charge is 2.43. The van der Waals surface area contributed by atoms with E-state index in [2.05, 4.69) is 10.1 Å². The maximum absolute atomic E-state index is 13.0. The summed E-state index contributed by atoms with van der Waals surface area (Å²) in [5, 5.41) is 8.47. The fourth-order valence-electron chi connectivity index (χ4n) is 2.87. The number of carbonyl (C=O) groups excluding carboxylic acids is 2. The molecule has 0 spiro atoms. The van der Waals surface area contributed by atoms with Crippen LogP contribution in [0.2, 0.25) is 0 Å². The summed E-state index contributed by atoms with van der Waals surface area (Å²) in [6.45, 7) is 1.68. The molecule has 0 bridgehead atoms. The zero-order chi connectivity index (χ0) is 23.1. The van der Waals surface area contributed by atoms with Crippen LogP contribution in [-0.4, -0.2) is 26.7 Å². The zero-order valence-corrected chi connectivity index (χ0v) is 15.8. The Kier molecular flexibility index (Phi) is 5.38. The van der Waals surface area contributed by atoms with Crippen molar-refractivity contribution in [1.82, 2.24) is 20.1 Å². The number of fused-ring (bicyclic) bond motifs is 1. The van der Waals surface area contributed by atoms with Crippen LogP contribution in [-0.2, 0) is 19.4 Å². The molecule has 3 amide bonds.